The largest absolute Gasteiger partial charge is 0.488 e. The monoisotopic (exact) mass is 300 g/mol. The molecule has 0 atom stereocenters. The van der Waals surface area contributed by atoms with E-state index in [0.29, 0.717) is 22.6 Å². The average Bonchev–Trinajstić information content (AvgIpc) is 2.74. The number of nitrogens with two attached hydrogens (primary N) is 1. The maximum Gasteiger partial charge on any atom is 0.419 e. The van der Waals surface area contributed by atoms with E-state index in [0.717, 1.165) is 6.07 Å². The molecular formula is C14H15F3N2O2. The molecule has 2 rings (SSSR count). The Balaban J connectivity index is 2.28. The number of nitrogens with zero attached hydrogens (tertiary/aromatic N) is 1. The van der Waals surface area contributed by atoms with Gasteiger partial charge in [0.05, 0.1) is 16.8 Å². The molecule has 0 aliphatic heterocycles. The molecule has 1 heterocycles. The molecule has 0 bridgehead atoms. The third-order valence-electron chi connectivity index (χ3n) is 3.14. The fourth-order valence-electron chi connectivity index (χ4n) is 1.91. The Hall–Kier alpha value is -2.02. The Morgan fingerprint density at radius 2 is 2.00 bits per heavy atom. The average molecular weight is 300 g/mol. The summed E-state index contributed by atoms with van der Waals surface area (Å²) in [5.74, 6) is 0.291. The lowest BCUT2D eigenvalue weighted by molar-refractivity contribution is -0.139. The van der Waals surface area contributed by atoms with Crippen LogP contribution in [0.4, 0.5) is 13.2 Å². The van der Waals surface area contributed by atoms with Crippen molar-refractivity contribution in [1.29, 1.82) is 0 Å². The van der Waals surface area contributed by atoms with Crippen molar-refractivity contribution in [1.82, 2.24) is 5.16 Å². The molecule has 0 fully saturated rings. The molecule has 4 nitrogen and oxygen atoms in total. The van der Waals surface area contributed by atoms with Crippen LogP contribution in [-0.2, 0) is 19.3 Å². The number of aryl methyl sites for hydroxylation is 2. The van der Waals surface area contributed by atoms with Gasteiger partial charge in [-0.25, -0.2) is 0 Å². The Kier molecular flexibility index (Phi) is 4.22. The van der Waals surface area contributed by atoms with Gasteiger partial charge in [0.2, 0.25) is 0 Å². The summed E-state index contributed by atoms with van der Waals surface area (Å²) >= 11 is 0. The molecule has 2 N–H and O–H groups in total. The highest BCUT2D eigenvalue weighted by Gasteiger charge is 2.34. The number of rotatable bonds is 4. The Labute approximate surface area is 119 Å². The first kappa shape index (κ1) is 15.4. The third-order valence-corrected chi connectivity index (χ3v) is 3.14. The molecule has 0 spiro atoms. The van der Waals surface area contributed by atoms with Gasteiger partial charge in [-0.05, 0) is 31.5 Å². The quantitative estimate of drug-likeness (QED) is 0.940. The second-order valence-corrected chi connectivity index (χ2v) is 4.62. The molecule has 1 aromatic carbocycles. The van der Waals surface area contributed by atoms with E-state index >= 15 is 0 Å². The summed E-state index contributed by atoms with van der Waals surface area (Å²) in [6.45, 7) is 3.39. The first-order valence-electron chi connectivity index (χ1n) is 6.27. The number of halogens is 3. The molecule has 0 unspecified atom stereocenters. The van der Waals surface area contributed by atoms with E-state index in [9.17, 15) is 13.2 Å². The molecule has 0 aliphatic carbocycles. The Morgan fingerprint density at radius 1 is 1.29 bits per heavy atom. The van der Waals surface area contributed by atoms with Gasteiger partial charge in [-0.3, -0.25) is 0 Å². The van der Waals surface area contributed by atoms with E-state index in [1.54, 1.807) is 13.8 Å². The Bertz CT molecular complexity index is 616. The molecule has 0 radical (unpaired) electrons. The molecular weight excluding hydrogens is 285 g/mol. The van der Waals surface area contributed by atoms with Crippen LogP contribution in [0.15, 0.2) is 22.7 Å². The maximum atomic E-state index is 13.0. The number of hydrogen-bond donors (Lipinski definition) is 1. The van der Waals surface area contributed by atoms with Crippen molar-refractivity contribution in [3.05, 3.63) is 46.3 Å². The number of ether oxygens (including phenoxy) is 1. The zero-order chi connectivity index (χ0) is 15.6. The van der Waals surface area contributed by atoms with Crippen LogP contribution in [0.1, 0.15) is 28.1 Å². The van der Waals surface area contributed by atoms with Crippen LogP contribution in [0.3, 0.4) is 0 Å². The van der Waals surface area contributed by atoms with E-state index in [4.69, 9.17) is 15.0 Å². The number of hydrogen-bond acceptors (Lipinski definition) is 4. The van der Waals surface area contributed by atoms with E-state index < -0.39 is 11.7 Å². The molecule has 2 aromatic rings. The minimum atomic E-state index is -4.50. The molecule has 1 aromatic heterocycles. The zero-order valence-electron chi connectivity index (χ0n) is 11.6. The SMILES string of the molecule is Cc1noc(C)c1COc1ccc(CN)cc1C(F)(F)F. The fourth-order valence-corrected chi connectivity index (χ4v) is 1.91. The fraction of sp³-hybridized carbons (Fsp3) is 0.357. The summed E-state index contributed by atoms with van der Waals surface area (Å²) in [7, 11) is 0. The second-order valence-electron chi connectivity index (χ2n) is 4.62. The van der Waals surface area contributed by atoms with E-state index in [1.807, 2.05) is 0 Å². The normalized spacial score (nSPS) is 11.7. The topological polar surface area (TPSA) is 61.3 Å². The molecule has 7 heteroatoms. The second kappa shape index (κ2) is 5.77. The number of benzene rings is 1. The van der Waals surface area contributed by atoms with E-state index in [-0.39, 0.29) is 18.9 Å². The van der Waals surface area contributed by atoms with Crippen LogP contribution in [0.25, 0.3) is 0 Å². The van der Waals surface area contributed by atoms with Crippen molar-refractivity contribution in [3.8, 4) is 5.75 Å². The molecule has 114 valence electrons. The summed E-state index contributed by atoms with van der Waals surface area (Å²) in [6.07, 6.45) is -4.50. The van der Waals surface area contributed by atoms with Crippen molar-refractivity contribution in [2.75, 3.05) is 0 Å². The van der Waals surface area contributed by atoms with Crippen LogP contribution in [0.5, 0.6) is 5.75 Å². The number of aromatic nitrogens is 1. The minimum absolute atomic E-state index is 0.0349. The van der Waals surface area contributed by atoms with Gasteiger partial charge >= 0.3 is 6.18 Å². The molecule has 0 aliphatic rings. The van der Waals surface area contributed by atoms with Gasteiger partial charge in [-0.2, -0.15) is 13.2 Å². The maximum absolute atomic E-state index is 13.0. The van der Waals surface area contributed by atoms with Crippen molar-refractivity contribution in [3.63, 3.8) is 0 Å². The highest BCUT2D eigenvalue weighted by Crippen LogP contribution is 2.37. The summed E-state index contributed by atoms with van der Waals surface area (Å²) in [4.78, 5) is 0. The smallest absolute Gasteiger partial charge is 0.419 e. The van der Waals surface area contributed by atoms with Crippen LogP contribution in [0.2, 0.25) is 0 Å². The van der Waals surface area contributed by atoms with Crippen molar-refractivity contribution < 1.29 is 22.4 Å². The summed E-state index contributed by atoms with van der Waals surface area (Å²) in [5.41, 5.74) is 6.17. The number of alkyl halides is 3. The van der Waals surface area contributed by atoms with Gasteiger partial charge in [-0.15, -0.1) is 0 Å². The van der Waals surface area contributed by atoms with Crippen molar-refractivity contribution in [2.45, 2.75) is 33.2 Å². The summed E-state index contributed by atoms with van der Waals surface area (Å²) < 4.78 is 49.4. The van der Waals surface area contributed by atoms with Gasteiger partial charge in [0.25, 0.3) is 0 Å². The first-order valence-corrected chi connectivity index (χ1v) is 6.27. The zero-order valence-corrected chi connectivity index (χ0v) is 11.6. The first-order chi connectivity index (χ1) is 9.82. The van der Waals surface area contributed by atoms with Gasteiger partial charge in [0.1, 0.15) is 18.1 Å². The van der Waals surface area contributed by atoms with E-state index in [2.05, 4.69) is 5.16 Å². The highest BCUT2D eigenvalue weighted by atomic mass is 19.4. The third kappa shape index (κ3) is 3.36. The summed E-state index contributed by atoms with van der Waals surface area (Å²) in [6, 6.07) is 3.80. The van der Waals surface area contributed by atoms with Gasteiger partial charge < -0.3 is 15.0 Å². The van der Waals surface area contributed by atoms with E-state index in [1.165, 1.54) is 12.1 Å². The standard InChI is InChI=1S/C14H15F3N2O2/c1-8-11(9(2)21-19-8)7-20-13-4-3-10(6-18)5-12(13)14(15,16)17/h3-5H,6-7,18H2,1-2H3. The lowest BCUT2D eigenvalue weighted by atomic mass is 10.1. The molecule has 0 saturated carbocycles. The predicted molar refractivity (Wildman–Crippen MR) is 69.6 cm³/mol. The van der Waals surface area contributed by atoms with Crippen molar-refractivity contribution in [2.24, 2.45) is 5.73 Å². The molecule has 21 heavy (non-hydrogen) atoms. The summed E-state index contributed by atoms with van der Waals surface area (Å²) in [5, 5.41) is 3.73. The predicted octanol–water partition coefficient (Wildman–Crippen LogP) is 3.35. The Morgan fingerprint density at radius 3 is 2.52 bits per heavy atom. The van der Waals surface area contributed by atoms with Crippen molar-refractivity contribution >= 4 is 0 Å². The van der Waals surface area contributed by atoms with Crippen LogP contribution >= 0.6 is 0 Å². The molecule has 0 amide bonds. The minimum Gasteiger partial charge on any atom is -0.488 e. The highest BCUT2D eigenvalue weighted by molar-refractivity contribution is 5.39. The lowest BCUT2D eigenvalue weighted by Gasteiger charge is -2.15. The van der Waals surface area contributed by atoms with Gasteiger partial charge in [-0.1, -0.05) is 11.2 Å². The van der Waals surface area contributed by atoms with Gasteiger partial charge in [0.15, 0.2) is 0 Å². The van der Waals surface area contributed by atoms with Crippen LogP contribution in [0, 0.1) is 13.8 Å². The van der Waals surface area contributed by atoms with Crippen LogP contribution in [-0.4, -0.2) is 5.16 Å². The van der Waals surface area contributed by atoms with Crippen LogP contribution < -0.4 is 10.5 Å². The lowest BCUT2D eigenvalue weighted by Crippen LogP contribution is -2.11. The van der Waals surface area contributed by atoms with Gasteiger partial charge in [0, 0.05) is 6.54 Å². The molecule has 0 saturated heterocycles.